The van der Waals surface area contributed by atoms with Crippen LogP contribution in [0.5, 0.6) is 0 Å². The van der Waals surface area contributed by atoms with E-state index in [-0.39, 0.29) is 23.3 Å². The largest absolute Gasteiger partial charge is 0.453 e. The van der Waals surface area contributed by atoms with Crippen LogP contribution in [0.25, 0.3) is 0 Å². The van der Waals surface area contributed by atoms with Crippen molar-refractivity contribution in [1.29, 1.82) is 0 Å². The number of ether oxygens (including phenoxy) is 1. The van der Waals surface area contributed by atoms with Crippen LogP contribution in [0.4, 0.5) is 13.6 Å². The van der Waals surface area contributed by atoms with Gasteiger partial charge in [0.2, 0.25) is 23.5 Å². The van der Waals surface area contributed by atoms with Crippen LogP contribution in [0.15, 0.2) is 0 Å². The van der Waals surface area contributed by atoms with E-state index in [0.29, 0.717) is 13.0 Å². The van der Waals surface area contributed by atoms with E-state index in [0.717, 1.165) is 71.1 Å². The van der Waals surface area contributed by atoms with E-state index in [2.05, 4.69) is 16.0 Å². The molecule has 12 heteroatoms. The van der Waals surface area contributed by atoms with Crippen LogP contribution in [0.2, 0.25) is 0 Å². The van der Waals surface area contributed by atoms with E-state index >= 15 is 0 Å². The Hall–Kier alpha value is -2.79. The summed E-state index contributed by atoms with van der Waals surface area (Å²) in [6.07, 6.45) is 7.16. The summed E-state index contributed by atoms with van der Waals surface area (Å²) in [7, 11) is 1.22. The van der Waals surface area contributed by atoms with Gasteiger partial charge in [0.05, 0.1) is 13.2 Å². The summed E-state index contributed by atoms with van der Waals surface area (Å²) in [5.74, 6) is -6.06. The first-order valence-corrected chi connectivity index (χ1v) is 14.6. The number of alkyl carbamates (subject to hydrolysis) is 1. The van der Waals surface area contributed by atoms with Gasteiger partial charge in [0.25, 0.3) is 5.91 Å². The zero-order valence-electron chi connectivity index (χ0n) is 23.4. The van der Waals surface area contributed by atoms with Gasteiger partial charge in [-0.3, -0.25) is 19.2 Å². The summed E-state index contributed by atoms with van der Waals surface area (Å²) in [5.41, 5.74) is -0.273. The van der Waals surface area contributed by atoms with E-state index in [4.69, 9.17) is 4.74 Å². The number of Topliss-reactive ketones (excluding diaryl/α,β-unsaturated/α-hetero) is 1. The van der Waals surface area contributed by atoms with Crippen molar-refractivity contribution in [3.8, 4) is 0 Å². The van der Waals surface area contributed by atoms with Crippen molar-refractivity contribution in [2.75, 3.05) is 13.7 Å². The Morgan fingerprint density at radius 3 is 2.23 bits per heavy atom. The van der Waals surface area contributed by atoms with E-state index in [1.54, 1.807) is 0 Å². The van der Waals surface area contributed by atoms with Crippen LogP contribution in [-0.4, -0.2) is 78.2 Å². The van der Waals surface area contributed by atoms with E-state index < -0.39 is 60.6 Å². The molecule has 4 rings (SSSR count). The fourth-order valence-electron chi connectivity index (χ4n) is 6.28. The van der Waals surface area contributed by atoms with E-state index in [1.165, 1.54) is 12.0 Å². The predicted molar refractivity (Wildman–Crippen MR) is 140 cm³/mol. The second kappa shape index (κ2) is 12.4. The molecule has 0 radical (unpaired) electrons. The van der Waals surface area contributed by atoms with Gasteiger partial charge in [-0.05, 0) is 69.6 Å². The second-order valence-electron chi connectivity index (χ2n) is 12.3. The van der Waals surface area contributed by atoms with E-state index in [9.17, 15) is 32.8 Å². The van der Waals surface area contributed by atoms with Crippen molar-refractivity contribution in [2.45, 2.75) is 120 Å². The minimum absolute atomic E-state index is 0.0783. The van der Waals surface area contributed by atoms with Gasteiger partial charge in [0.1, 0.15) is 12.1 Å². The highest BCUT2D eigenvalue weighted by Gasteiger charge is 2.51. The number of rotatable bonds is 11. The predicted octanol–water partition coefficient (Wildman–Crippen LogP) is 2.83. The Kier molecular flexibility index (Phi) is 9.34. The summed E-state index contributed by atoms with van der Waals surface area (Å²) < 4.78 is 32.2. The Morgan fingerprint density at radius 2 is 1.68 bits per heavy atom. The van der Waals surface area contributed by atoms with Crippen LogP contribution in [0, 0.1) is 11.3 Å². The zero-order chi connectivity index (χ0) is 29.1. The molecule has 0 aromatic rings. The average molecular weight is 569 g/mol. The minimum Gasteiger partial charge on any atom is -0.453 e. The third-order valence-corrected chi connectivity index (χ3v) is 9.00. The number of carbonyl (C=O) groups is 5. The maximum absolute atomic E-state index is 13.9. The molecule has 3 saturated carbocycles. The van der Waals surface area contributed by atoms with Crippen LogP contribution in [0.1, 0.15) is 90.4 Å². The van der Waals surface area contributed by atoms with E-state index in [1.807, 2.05) is 0 Å². The Labute approximate surface area is 233 Å². The summed E-state index contributed by atoms with van der Waals surface area (Å²) in [5, 5.41) is 7.80. The number of methoxy groups -OCH3 is 1. The van der Waals surface area contributed by atoms with Crippen molar-refractivity contribution in [3.05, 3.63) is 0 Å². The smallest absolute Gasteiger partial charge is 0.407 e. The van der Waals surface area contributed by atoms with Crippen molar-refractivity contribution in [2.24, 2.45) is 11.3 Å². The van der Waals surface area contributed by atoms with Crippen molar-refractivity contribution >= 4 is 29.6 Å². The number of hydrogen-bond donors (Lipinski definition) is 3. The molecule has 1 aliphatic heterocycles. The number of likely N-dealkylation sites (tertiary alicyclic amines) is 1. The van der Waals surface area contributed by atoms with Crippen LogP contribution in [-0.2, 0) is 23.9 Å². The molecule has 0 unspecified atom stereocenters. The quantitative estimate of drug-likeness (QED) is 0.328. The molecule has 0 aromatic carbocycles. The molecular weight excluding hydrogens is 526 g/mol. The molecule has 224 valence electrons. The number of hydrogen-bond acceptors (Lipinski definition) is 6. The first-order chi connectivity index (χ1) is 18.9. The second-order valence-corrected chi connectivity index (χ2v) is 12.3. The third kappa shape index (κ3) is 7.48. The average Bonchev–Trinajstić information content (AvgIpc) is 3.62. The van der Waals surface area contributed by atoms with Gasteiger partial charge in [0, 0.05) is 19.0 Å². The monoisotopic (exact) mass is 568 g/mol. The highest BCUT2D eigenvalue weighted by Crippen LogP contribution is 2.47. The summed E-state index contributed by atoms with van der Waals surface area (Å²) >= 11 is 0. The van der Waals surface area contributed by atoms with Gasteiger partial charge in [-0.1, -0.05) is 25.7 Å². The summed E-state index contributed by atoms with van der Waals surface area (Å²) in [6, 6.07) is -3.35. The number of nitrogens with zero attached hydrogens (tertiary/aromatic N) is 1. The molecule has 1 saturated heterocycles. The molecule has 10 nitrogen and oxygen atoms in total. The molecule has 3 aliphatic carbocycles. The molecular formula is C28H42F2N4O6. The number of carbonyl (C=O) groups excluding carboxylic acids is 5. The van der Waals surface area contributed by atoms with Gasteiger partial charge >= 0.3 is 6.09 Å². The first kappa shape index (κ1) is 30.2. The summed E-state index contributed by atoms with van der Waals surface area (Å²) in [6.45, 7) is 1.06. The van der Waals surface area contributed by atoms with Gasteiger partial charge in [-0.15, -0.1) is 0 Å². The van der Waals surface area contributed by atoms with Gasteiger partial charge in [-0.2, -0.15) is 0 Å². The highest BCUT2D eigenvalue weighted by atomic mass is 19.3. The lowest BCUT2D eigenvalue weighted by Gasteiger charge is -2.37. The molecule has 0 bridgehead atoms. The molecule has 1 heterocycles. The van der Waals surface area contributed by atoms with Crippen LogP contribution >= 0.6 is 0 Å². The Balaban J connectivity index is 1.55. The third-order valence-electron chi connectivity index (χ3n) is 9.00. The zero-order valence-corrected chi connectivity index (χ0v) is 23.4. The van der Waals surface area contributed by atoms with Crippen molar-refractivity contribution < 1.29 is 37.5 Å². The number of alkyl halides is 2. The normalized spacial score (nSPS) is 24.0. The summed E-state index contributed by atoms with van der Waals surface area (Å²) in [4.78, 5) is 66.7. The number of halogens is 2. The lowest BCUT2D eigenvalue weighted by atomic mass is 9.72. The fraction of sp³-hybridized carbons (Fsp3) is 0.821. The molecule has 1 spiro atoms. The molecule has 40 heavy (non-hydrogen) atoms. The lowest BCUT2D eigenvalue weighted by molar-refractivity contribution is -0.144. The van der Waals surface area contributed by atoms with Crippen LogP contribution < -0.4 is 16.0 Å². The van der Waals surface area contributed by atoms with Gasteiger partial charge in [0.15, 0.2) is 0 Å². The number of amides is 4. The number of nitrogens with one attached hydrogen (secondary N) is 3. The Bertz CT molecular complexity index is 988. The molecule has 3 atom stereocenters. The standard InChI is InChI=1S/C28H42F2N4O6/c1-27(29,30)14-11-19(22(35)24(37)31-18-9-10-18)32-23(36)20-15-28(12-4-3-5-13-28)16-34(20)25(38)21(17-7-6-8-17)33-26(39)40-2/h17-21H,3-16H2,1-2H3,(H,31,37)(H,32,36)(H,33,39)/t19-,20-,21-/m0/s1. The minimum atomic E-state index is -3.09. The molecule has 4 amide bonds. The topological polar surface area (TPSA) is 134 Å². The Morgan fingerprint density at radius 1 is 1.00 bits per heavy atom. The SMILES string of the molecule is COC(=O)N[C@H](C(=O)N1CC2(CCCCC2)C[C@H]1C(=O)N[C@@H](CCC(C)(F)F)C(=O)C(=O)NC1CC1)C1CCC1. The molecule has 4 aliphatic rings. The lowest BCUT2D eigenvalue weighted by Crippen LogP contribution is -2.58. The first-order valence-electron chi connectivity index (χ1n) is 14.6. The van der Waals surface area contributed by atoms with Gasteiger partial charge < -0.3 is 25.6 Å². The van der Waals surface area contributed by atoms with Gasteiger partial charge in [-0.25, -0.2) is 13.6 Å². The van der Waals surface area contributed by atoms with Crippen molar-refractivity contribution in [1.82, 2.24) is 20.9 Å². The molecule has 4 fully saturated rings. The fourth-order valence-corrected chi connectivity index (χ4v) is 6.28. The molecule has 0 aromatic heterocycles. The highest BCUT2D eigenvalue weighted by molar-refractivity contribution is 6.38. The van der Waals surface area contributed by atoms with Crippen LogP contribution in [0.3, 0.4) is 0 Å². The maximum atomic E-state index is 13.9. The number of ketones is 1. The maximum Gasteiger partial charge on any atom is 0.407 e. The van der Waals surface area contributed by atoms with Crippen molar-refractivity contribution in [3.63, 3.8) is 0 Å². The molecule has 3 N–H and O–H groups in total.